The third-order valence-corrected chi connectivity index (χ3v) is 7.78. The zero-order valence-electron chi connectivity index (χ0n) is 17.4. The highest BCUT2D eigenvalue weighted by Gasteiger charge is 2.39. The van der Waals surface area contributed by atoms with Crippen molar-refractivity contribution in [2.45, 2.75) is 35.3 Å². The van der Waals surface area contributed by atoms with Crippen molar-refractivity contribution in [2.75, 3.05) is 31.3 Å². The van der Waals surface area contributed by atoms with E-state index in [2.05, 4.69) is 59.0 Å². The summed E-state index contributed by atoms with van der Waals surface area (Å²) in [6, 6.07) is 16.3. The first-order chi connectivity index (χ1) is 14.3. The topological polar surface area (TPSA) is 64.1 Å². The summed E-state index contributed by atoms with van der Waals surface area (Å²) in [6.07, 6.45) is 2.42. The summed E-state index contributed by atoms with van der Waals surface area (Å²) < 4.78 is 33.0. The second-order valence-electron chi connectivity index (χ2n) is 7.86. The first-order valence-corrected chi connectivity index (χ1v) is 12.4. The van der Waals surface area contributed by atoms with Crippen molar-refractivity contribution >= 4 is 33.3 Å². The quantitative estimate of drug-likeness (QED) is 0.697. The van der Waals surface area contributed by atoms with Crippen LogP contribution in [0.3, 0.4) is 0 Å². The van der Waals surface area contributed by atoms with E-state index in [1.54, 1.807) is 11.8 Å². The van der Waals surface area contributed by atoms with Gasteiger partial charge in [-0.05, 0) is 44.7 Å². The van der Waals surface area contributed by atoms with E-state index in [0.717, 1.165) is 33.4 Å². The van der Waals surface area contributed by atoms with Gasteiger partial charge >= 0.3 is 0 Å². The normalized spacial score (nSPS) is 20.4. The lowest BCUT2D eigenvalue weighted by atomic mass is 10.0. The van der Waals surface area contributed by atoms with Crippen molar-refractivity contribution in [3.63, 3.8) is 0 Å². The van der Waals surface area contributed by atoms with Crippen molar-refractivity contribution in [1.29, 1.82) is 0 Å². The number of fused-ring (bicyclic) bond motifs is 2. The Morgan fingerprint density at radius 2 is 1.63 bits per heavy atom. The summed E-state index contributed by atoms with van der Waals surface area (Å²) in [5.74, 6) is -0.285. The molecule has 2 heterocycles. The van der Waals surface area contributed by atoms with Crippen LogP contribution >= 0.6 is 11.8 Å². The third kappa shape index (κ3) is 4.09. The van der Waals surface area contributed by atoms with Gasteiger partial charge in [-0.1, -0.05) is 42.1 Å². The standard InChI is InChI=1S/C22H27N3O3S2/c1-16-12-14-23(2)22(24(16)3)19(13-15-30(26,27)28)25-17-8-4-6-10-20(17)29-21-11-7-5-9-18(21)25/h4-12,19,22H,13-15H2,1-3H3,(H,26,27,28). The fourth-order valence-corrected chi connectivity index (χ4v) is 5.97. The Kier molecular flexibility index (Phi) is 5.85. The molecule has 0 saturated heterocycles. The predicted molar refractivity (Wildman–Crippen MR) is 122 cm³/mol. The van der Waals surface area contributed by atoms with Gasteiger partial charge in [-0.25, -0.2) is 0 Å². The van der Waals surface area contributed by atoms with Crippen LogP contribution in [0.2, 0.25) is 0 Å². The molecule has 0 saturated carbocycles. The summed E-state index contributed by atoms with van der Waals surface area (Å²) in [6.45, 7) is 2.86. The van der Waals surface area contributed by atoms with Crippen LogP contribution in [0.4, 0.5) is 11.4 Å². The molecule has 0 aliphatic carbocycles. The summed E-state index contributed by atoms with van der Waals surface area (Å²) in [5.41, 5.74) is 3.29. The zero-order chi connectivity index (χ0) is 21.5. The lowest BCUT2D eigenvalue weighted by molar-refractivity contribution is 0.0794. The van der Waals surface area contributed by atoms with E-state index in [0.29, 0.717) is 6.42 Å². The molecule has 160 valence electrons. The van der Waals surface area contributed by atoms with Gasteiger partial charge in [0.05, 0.1) is 23.2 Å². The molecule has 2 aliphatic rings. The van der Waals surface area contributed by atoms with E-state index < -0.39 is 10.1 Å². The molecular formula is C22H27N3O3S2. The van der Waals surface area contributed by atoms with Crippen LogP contribution < -0.4 is 4.90 Å². The maximum Gasteiger partial charge on any atom is 0.264 e. The number of hydrogen-bond acceptors (Lipinski definition) is 6. The first-order valence-electron chi connectivity index (χ1n) is 9.96. The van der Waals surface area contributed by atoms with E-state index in [9.17, 15) is 13.0 Å². The first kappa shape index (κ1) is 21.2. The van der Waals surface area contributed by atoms with E-state index in [1.165, 1.54) is 0 Å². The molecule has 1 N–H and O–H groups in total. The molecule has 8 heteroatoms. The highest BCUT2D eigenvalue weighted by atomic mass is 32.2. The van der Waals surface area contributed by atoms with Crippen LogP contribution in [0.5, 0.6) is 0 Å². The Morgan fingerprint density at radius 3 is 2.20 bits per heavy atom. The number of para-hydroxylation sites is 2. The van der Waals surface area contributed by atoms with E-state index in [1.807, 2.05) is 31.3 Å². The van der Waals surface area contributed by atoms with Gasteiger partial charge in [-0.3, -0.25) is 9.45 Å². The molecule has 30 heavy (non-hydrogen) atoms. The highest BCUT2D eigenvalue weighted by molar-refractivity contribution is 7.99. The number of allylic oxidation sites excluding steroid dienone is 1. The third-order valence-electron chi connectivity index (χ3n) is 5.90. The fraction of sp³-hybridized carbons (Fsp3) is 0.364. The second kappa shape index (κ2) is 8.26. The minimum Gasteiger partial charge on any atom is -0.361 e. The molecule has 2 aromatic rings. The number of likely N-dealkylation sites (N-methyl/N-ethyl adjacent to an activating group) is 2. The molecule has 2 aromatic carbocycles. The van der Waals surface area contributed by atoms with Crippen molar-refractivity contribution in [1.82, 2.24) is 9.80 Å². The van der Waals surface area contributed by atoms with Crippen molar-refractivity contribution in [3.8, 4) is 0 Å². The molecule has 2 aliphatic heterocycles. The van der Waals surface area contributed by atoms with Gasteiger partial charge in [0.2, 0.25) is 0 Å². The molecule has 0 fully saturated rings. The predicted octanol–water partition coefficient (Wildman–Crippen LogP) is 4.04. The largest absolute Gasteiger partial charge is 0.361 e. The van der Waals surface area contributed by atoms with Gasteiger partial charge in [-0.2, -0.15) is 8.42 Å². The van der Waals surface area contributed by atoms with Gasteiger partial charge in [0, 0.05) is 29.1 Å². The average Bonchev–Trinajstić information content (AvgIpc) is 2.71. The molecule has 2 unspecified atom stereocenters. The molecule has 2 atom stereocenters. The van der Waals surface area contributed by atoms with E-state index >= 15 is 0 Å². The van der Waals surface area contributed by atoms with Gasteiger partial charge in [0.1, 0.15) is 6.17 Å². The highest BCUT2D eigenvalue weighted by Crippen LogP contribution is 2.50. The Bertz CT molecular complexity index is 1030. The molecule has 0 aromatic heterocycles. The van der Waals surface area contributed by atoms with Crippen LogP contribution in [0.15, 0.2) is 70.1 Å². The maximum atomic E-state index is 11.7. The van der Waals surface area contributed by atoms with Crippen LogP contribution in [-0.4, -0.2) is 61.4 Å². The molecular weight excluding hydrogens is 418 g/mol. The van der Waals surface area contributed by atoms with E-state index in [-0.39, 0.29) is 18.0 Å². The van der Waals surface area contributed by atoms with E-state index in [4.69, 9.17) is 0 Å². The van der Waals surface area contributed by atoms with Crippen LogP contribution in [0.1, 0.15) is 13.3 Å². The number of anilines is 2. The number of hydrogen-bond donors (Lipinski definition) is 1. The molecule has 0 bridgehead atoms. The Labute approximate surface area is 182 Å². The molecule has 6 nitrogen and oxygen atoms in total. The number of nitrogens with zero attached hydrogens (tertiary/aromatic N) is 3. The van der Waals surface area contributed by atoms with Crippen molar-refractivity contribution in [3.05, 3.63) is 60.3 Å². The van der Waals surface area contributed by atoms with Crippen molar-refractivity contribution < 1.29 is 13.0 Å². The van der Waals surface area contributed by atoms with Gasteiger partial charge in [-0.15, -0.1) is 0 Å². The summed E-state index contributed by atoms with van der Waals surface area (Å²) in [7, 11) is 0.0181. The van der Waals surface area contributed by atoms with Crippen LogP contribution in [-0.2, 0) is 10.1 Å². The van der Waals surface area contributed by atoms with Gasteiger partial charge < -0.3 is 9.80 Å². The SMILES string of the molecule is CC1=CCN(C)C(C(CCS(=O)(=O)O)N2c3ccccc3Sc3ccccc32)N1C. The summed E-state index contributed by atoms with van der Waals surface area (Å²) in [4.78, 5) is 8.98. The molecule has 0 spiro atoms. The molecule has 4 rings (SSSR count). The van der Waals surface area contributed by atoms with Gasteiger partial charge in [0.15, 0.2) is 0 Å². The average molecular weight is 446 g/mol. The summed E-state index contributed by atoms with van der Waals surface area (Å²) >= 11 is 1.73. The minimum absolute atomic E-state index is 0.0547. The van der Waals surface area contributed by atoms with Gasteiger partial charge in [0.25, 0.3) is 10.1 Å². The molecule has 0 amide bonds. The lowest BCUT2D eigenvalue weighted by Gasteiger charge is -2.50. The minimum atomic E-state index is -4.08. The lowest BCUT2D eigenvalue weighted by Crippen LogP contribution is -2.59. The number of benzene rings is 2. The monoisotopic (exact) mass is 445 g/mol. The number of rotatable bonds is 5. The second-order valence-corrected chi connectivity index (χ2v) is 10.5. The van der Waals surface area contributed by atoms with Crippen LogP contribution in [0.25, 0.3) is 0 Å². The van der Waals surface area contributed by atoms with Crippen molar-refractivity contribution in [2.24, 2.45) is 0 Å². The Hall–Kier alpha value is -2.00. The summed E-state index contributed by atoms with van der Waals surface area (Å²) in [5, 5.41) is 0. The van der Waals surface area contributed by atoms with Crippen LogP contribution in [0, 0.1) is 0 Å². The smallest absolute Gasteiger partial charge is 0.264 e. The molecule has 0 radical (unpaired) electrons. The Balaban J connectivity index is 1.86. The maximum absolute atomic E-state index is 11.7. The zero-order valence-corrected chi connectivity index (χ0v) is 19.0. The Morgan fingerprint density at radius 1 is 1.07 bits per heavy atom. The fourth-order valence-electron chi connectivity index (χ4n) is 4.36.